The van der Waals surface area contributed by atoms with Gasteiger partial charge in [0.25, 0.3) is 0 Å². The van der Waals surface area contributed by atoms with Gasteiger partial charge in [-0.2, -0.15) is 0 Å². The van der Waals surface area contributed by atoms with E-state index in [4.69, 9.17) is 15.5 Å². The Morgan fingerprint density at radius 3 is 3.00 bits per heavy atom. The minimum atomic E-state index is 0.322. The normalized spacial score (nSPS) is 19.9. The smallest absolute Gasteiger partial charge is 0.111 e. The number of para-hydroxylation sites is 2. The SMILES string of the molecule is NCCc1nc2ccccc2n1CC1CCCCO1. The molecule has 1 saturated heterocycles. The van der Waals surface area contributed by atoms with Crippen molar-refractivity contribution in [3.63, 3.8) is 0 Å². The fourth-order valence-electron chi connectivity index (χ4n) is 2.80. The minimum Gasteiger partial charge on any atom is -0.376 e. The average Bonchev–Trinajstić information content (AvgIpc) is 2.79. The molecule has 2 heterocycles. The van der Waals surface area contributed by atoms with Crippen LogP contribution < -0.4 is 5.73 Å². The lowest BCUT2D eigenvalue weighted by atomic mass is 10.1. The molecule has 1 aliphatic rings. The van der Waals surface area contributed by atoms with Crippen molar-refractivity contribution in [1.82, 2.24) is 9.55 Å². The van der Waals surface area contributed by atoms with Crippen LogP contribution in [0.1, 0.15) is 25.1 Å². The van der Waals surface area contributed by atoms with E-state index in [9.17, 15) is 0 Å². The van der Waals surface area contributed by atoms with E-state index in [1.165, 1.54) is 18.4 Å². The van der Waals surface area contributed by atoms with Gasteiger partial charge in [0.1, 0.15) is 5.82 Å². The number of imidazole rings is 1. The topological polar surface area (TPSA) is 53.1 Å². The maximum absolute atomic E-state index is 5.85. The van der Waals surface area contributed by atoms with Gasteiger partial charge in [0.05, 0.1) is 23.7 Å². The summed E-state index contributed by atoms with van der Waals surface area (Å²) in [7, 11) is 0. The second-order valence-electron chi connectivity index (χ2n) is 5.15. The molecule has 0 bridgehead atoms. The average molecular weight is 259 g/mol. The van der Waals surface area contributed by atoms with E-state index in [2.05, 4.69) is 22.8 Å². The first-order valence-corrected chi connectivity index (χ1v) is 7.14. The molecule has 1 aromatic heterocycles. The molecule has 0 radical (unpaired) electrons. The van der Waals surface area contributed by atoms with Crippen molar-refractivity contribution >= 4 is 11.0 Å². The molecule has 2 N–H and O–H groups in total. The van der Waals surface area contributed by atoms with E-state index in [0.717, 1.165) is 37.3 Å². The van der Waals surface area contributed by atoms with Crippen LogP contribution >= 0.6 is 0 Å². The van der Waals surface area contributed by atoms with Gasteiger partial charge in [-0.05, 0) is 37.9 Å². The second-order valence-corrected chi connectivity index (χ2v) is 5.15. The van der Waals surface area contributed by atoms with E-state index >= 15 is 0 Å². The molecule has 0 aliphatic carbocycles. The Labute approximate surface area is 113 Å². The molecule has 4 nitrogen and oxygen atoms in total. The lowest BCUT2D eigenvalue weighted by molar-refractivity contribution is 0.00620. The zero-order valence-electron chi connectivity index (χ0n) is 11.2. The molecule has 1 atom stereocenters. The molecule has 3 rings (SSSR count). The van der Waals surface area contributed by atoms with Crippen molar-refractivity contribution in [3.8, 4) is 0 Å². The summed E-state index contributed by atoms with van der Waals surface area (Å²) in [5, 5.41) is 0. The molecule has 1 aliphatic heterocycles. The maximum atomic E-state index is 5.85. The summed E-state index contributed by atoms with van der Waals surface area (Å²) in [6, 6.07) is 8.29. The predicted octanol–water partition coefficient (Wildman–Crippen LogP) is 2.11. The summed E-state index contributed by atoms with van der Waals surface area (Å²) < 4.78 is 8.14. The van der Waals surface area contributed by atoms with Crippen molar-refractivity contribution in [3.05, 3.63) is 30.1 Å². The monoisotopic (exact) mass is 259 g/mol. The fraction of sp³-hybridized carbons (Fsp3) is 0.533. The third-order valence-corrected chi connectivity index (χ3v) is 3.76. The molecule has 1 unspecified atom stereocenters. The first kappa shape index (κ1) is 12.6. The van der Waals surface area contributed by atoms with Crippen LogP contribution in [0.3, 0.4) is 0 Å². The molecule has 4 heteroatoms. The number of fused-ring (bicyclic) bond motifs is 1. The first-order chi connectivity index (χ1) is 9.38. The number of nitrogens with zero attached hydrogens (tertiary/aromatic N) is 2. The molecule has 0 spiro atoms. The van der Waals surface area contributed by atoms with E-state index in [-0.39, 0.29) is 0 Å². The quantitative estimate of drug-likeness (QED) is 0.915. The standard InChI is InChI=1S/C15H21N3O/c16-9-8-15-17-13-6-1-2-7-14(13)18(15)11-12-5-3-4-10-19-12/h1-2,6-7,12H,3-5,8-11,16H2. The highest BCUT2D eigenvalue weighted by Crippen LogP contribution is 2.20. The minimum absolute atomic E-state index is 0.322. The van der Waals surface area contributed by atoms with Gasteiger partial charge in [0.15, 0.2) is 0 Å². The largest absolute Gasteiger partial charge is 0.376 e. The first-order valence-electron chi connectivity index (χ1n) is 7.14. The molecule has 1 aromatic carbocycles. The molecular weight excluding hydrogens is 238 g/mol. The zero-order valence-corrected chi connectivity index (χ0v) is 11.2. The Balaban J connectivity index is 1.92. The lowest BCUT2D eigenvalue weighted by Crippen LogP contribution is -2.25. The van der Waals surface area contributed by atoms with Crippen LogP contribution in [0.15, 0.2) is 24.3 Å². The second kappa shape index (κ2) is 5.72. The Hall–Kier alpha value is -1.39. The third kappa shape index (κ3) is 2.65. The van der Waals surface area contributed by atoms with Gasteiger partial charge in [0.2, 0.25) is 0 Å². The summed E-state index contributed by atoms with van der Waals surface area (Å²) in [4.78, 5) is 4.70. The maximum Gasteiger partial charge on any atom is 0.111 e. The van der Waals surface area contributed by atoms with E-state index in [1.54, 1.807) is 0 Å². The highest BCUT2D eigenvalue weighted by atomic mass is 16.5. The van der Waals surface area contributed by atoms with Crippen molar-refractivity contribution in [2.45, 2.75) is 38.3 Å². The summed E-state index contributed by atoms with van der Waals surface area (Å²) in [5.74, 6) is 1.08. The number of ether oxygens (including phenoxy) is 1. The number of rotatable bonds is 4. The van der Waals surface area contributed by atoms with Crippen molar-refractivity contribution in [2.24, 2.45) is 5.73 Å². The number of benzene rings is 1. The molecule has 102 valence electrons. The third-order valence-electron chi connectivity index (χ3n) is 3.76. The highest BCUT2D eigenvalue weighted by Gasteiger charge is 2.18. The van der Waals surface area contributed by atoms with E-state index < -0.39 is 0 Å². The van der Waals surface area contributed by atoms with Crippen LogP contribution in [0, 0.1) is 0 Å². The number of hydrogen-bond donors (Lipinski definition) is 1. The molecule has 2 aromatic rings. The van der Waals surface area contributed by atoms with Crippen molar-refractivity contribution in [2.75, 3.05) is 13.2 Å². The van der Waals surface area contributed by atoms with Crippen molar-refractivity contribution in [1.29, 1.82) is 0 Å². The van der Waals surface area contributed by atoms with Gasteiger partial charge in [-0.1, -0.05) is 12.1 Å². The Bertz CT molecular complexity index is 543. The van der Waals surface area contributed by atoms with E-state index in [1.807, 2.05) is 6.07 Å². The van der Waals surface area contributed by atoms with Crippen LogP contribution in [0.25, 0.3) is 11.0 Å². The number of hydrogen-bond acceptors (Lipinski definition) is 3. The molecular formula is C15H21N3O. The van der Waals surface area contributed by atoms with Gasteiger partial charge in [-0.25, -0.2) is 4.98 Å². The summed E-state index contributed by atoms with van der Waals surface area (Å²) in [6.07, 6.45) is 4.75. The van der Waals surface area contributed by atoms with Crippen LogP contribution in [-0.2, 0) is 17.7 Å². The predicted molar refractivity (Wildman–Crippen MR) is 76.1 cm³/mol. The van der Waals surface area contributed by atoms with Gasteiger partial charge >= 0.3 is 0 Å². The molecule has 0 saturated carbocycles. The number of nitrogens with two attached hydrogens (primary N) is 1. The highest BCUT2D eigenvalue weighted by molar-refractivity contribution is 5.75. The molecule has 0 amide bonds. The molecule has 19 heavy (non-hydrogen) atoms. The Morgan fingerprint density at radius 1 is 1.32 bits per heavy atom. The number of aromatic nitrogens is 2. The van der Waals surface area contributed by atoms with Gasteiger partial charge < -0.3 is 15.0 Å². The van der Waals surface area contributed by atoms with E-state index in [0.29, 0.717) is 12.6 Å². The lowest BCUT2D eigenvalue weighted by Gasteiger charge is -2.24. The molecule has 1 fully saturated rings. The van der Waals surface area contributed by atoms with Crippen LogP contribution in [-0.4, -0.2) is 28.8 Å². The Morgan fingerprint density at radius 2 is 2.21 bits per heavy atom. The van der Waals surface area contributed by atoms with Crippen LogP contribution in [0.2, 0.25) is 0 Å². The summed E-state index contributed by atoms with van der Waals surface area (Å²) in [6.45, 7) is 2.42. The van der Waals surface area contributed by atoms with Crippen molar-refractivity contribution < 1.29 is 4.74 Å². The summed E-state index contributed by atoms with van der Waals surface area (Å²) >= 11 is 0. The van der Waals surface area contributed by atoms with Gasteiger partial charge in [0, 0.05) is 13.0 Å². The summed E-state index contributed by atoms with van der Waals surface area (Å²) in [5.41, 5.74) is 7.95. The van der Waals surface area contributed by atoms with Crippen LogP contribution in [0.5, 0.6) is 0 Å². The zero-order chi connectivity index (χ0) is 13.1. The van der Waals surface area contributed by atoms with Gasteiger partial charge in [-0.3, -0.25) is 0 Å². The Kier molecular flexibility index (Phi) is 3.80. The van der Waals surface area contributed by atoms with Gasteiger partial charge in [-0.15, -0.1) is 0 Å². The fourth-order valence-corrected chi connectivity index (χ4v) is 2.80. The van der Waals surface area contributed by atoms with Crippen LogP contribution in [0.4, 0.5) is 0 Å².